The van der Waals surface area contributed by atoms with Crippen molar-refractivity contribution in [1.82, 2.24) is 0 Å². The molecule has 0 radical (unpaired) electrons. The molecule has 0 amide bonds. The molecule has 0 heterocycles. The maximum atomic E-state index is 13.4. The number of nitriles is 1. The lowest BCUT2D eigenvalue weighted by Gasteiger charge is -2.70. The number of carbonyl (C=O) groups excluding carboxylic acids is 1. The van der Waals surface area contributed by atoms with Crippen molar-refractivity contribution in [2.24, 2.45) is 56.7 Å². The Morgan fingerprint density at radius 1 is 1.06 bits per heavy atom. The number of aliphatic hydroxyl groups is 1. The summed E-state index contributed by atoms with van der Waals surface area (Å²) in [6.45, 7) is 16.5. The molecule has 9 atom stereocenters. The maximum Gasteiger partial charge on any atom is 0.312 e. The van der Waals surface area contributed by atoms with E-state index >= 15 is 0 Å². The second kappa shape index (κ2) is 7.87. The van der Waals surface area contributed by atoms with Crippen molar-refractivity contribution in [3.05, 3.63) is 23.0 Å². The van der Waals surface area contributed by atoms with E-state index in [1.54, 1.807) is 7.11 Å². The first-order valence-corrected chi connectivity index (χ1v) is 14.4. The normalized spacial score (nSPS) is 49.4. The predicted octanol–water partition coefficient (Wildman–Crippen LogP) is 7.76. The lowest BCUT2D eigenvalue weighted by atomic mass is 9.33. The molecule has 0 unspecified atom stereocenters. The molecule has 36 heavy (non-hydrogen) atoms. The van der Waals surface area contributed by atoms with Crippen LogP contribution in [-0.2, 0) is 9.53 Å². The summed E-state index contributed by atoms with van der Waals surface area (Å²) < 4.78 is 5.50. The third-order valence-corrected chi connectivity index (χ3v) is 13.3. The van der Waals surface area contributed by atoms with E-state index in [0.717, 1.165) is 44.9 Å². The summed E-state index contributed by atoms with van der Waals surface area (Å²) in [4.78, 5) is 13.4. The molecule has 4 heteroatoms. The zero-order valence-corrected chi connectivity index (χ0v) is 23.8. The third-order valence-electron chi connectivity index (χ3n) is 13.3. The Kier molecular flexibility index (Phi) is 5.66. The minimum Gasteiger partial charge on any atom is -0.511 e. The van der Waals surface area contributed by atoms with Gasteiger partial charge in [0.05, 0.1) is 24.2 Å². The molecule has 0 saturated heterocycles. The zero-order chi connectivity index (χ0) is 26.5. The van der Waals surface area contributed by atoms with Gasteiger partial charge < -0.3 is 9.84 Å². The van der Waals surface area contributed by atoms with Gasteiger partial charge in [0, 0.05) is 5.41 Å². The molecule has 3 saturated carbocycles. The maximum absolute atomic E-state index is 13.4. The molecule has 4 nitrogen and oxygen atoms in total. The SMILES string of the molecule is COC(=O)[C@]12CC[C@@H](C)[C@H](C)[C@H]1C1=CC[C@@H]3[C@@]4(C)CC(C#N)=C(O)C(C)(C)[C@@H]4CC[C@@]3(C)[C@]1(C)CC2. The summed E-state index contributed by atoms with van der Waals surface area (Å²) in [6, 6.07) is 2.38. The van der Waals surface area contributed by atoms with Gasteiger partial charge in [-0.1, -0.05) is 60.1 Å². The van der Waals surface area contributed by atoms with E-state index in [-0.39, 0.29) is 39.0 Å². The van der Waals surface area contributed by atoms with Gasteiger partial charge in [-0.3, -0.25) is 4.79 Å². The van der Waals surface area contributed by atoms with E-state index in [2.05, 4.69) is 60.6 Å². The number of esters is 1. The molecule has 0 aromatic rings. The van der Waals surface area contributed by atoms with Crippen molar-refractivity contribution in [2.75, 3.05) is 7.11 Å². The lowest BCUT2D eigenvalue weighted by molar-refractivity contribution is -0.184. The van der Waals surface area contributed by atoms with E-state index in [9.17, 15) is 15.2 Å². The first-order valence-electron chi connectivity index (χ1n) is 14.4. The molecular weight excluding hydrogens is 446 g/mol. The summed E-state index contributed by atoms with van der Waals surface area (Å²) in [7, 11) is 1.57. The van der Waals surface area contributed by atoms with E-state index in [1.165, 1.54) is 5.57 Å². The van der Waals surface area contributed by atoms with Crippen LogP contribution in [0.25, 0.3) is 0 Å². The number of allylic oxidation sites excluding steroid dienone is 4. The number of hydrogen-bond acceptors (Lipinski definition) is 4. The van der Waals surface area contributed by atoms with Crippen molar-refractivity contribution in [3.8, 4) is 6.07 Å². The molecule has 3 fully saturated rings. The van der Waals surface area contributed by atoms with Crippen LogP contribution >= 0.6 is 0 Å². The van der Waals surface area contributed by atoms with Crippen LogP contribution in [0.4, 0.5) is 0 Å². The molecule has 5 aliphatic rings. The molecule has 0 spiro atoms. The molecule has 5 aliphatic carbocycles. The Morgan fingerprint density at radius 3 is 2.39 bits per heavy atom. The minimum atomic E-state index is -0.385. The van der Waals surface area contributed by atoms with Crippen molar-refractivity contribution in [2.45, 2.75) is 99.8 Å². The second-order valence-corrected chi connectivity index (χ2v) is 14.6. The van der Waals surface area contributed by atoms with Crippen LogP contribution in [0.3, 0.4) is 0 Å². The van der Waals surface area contributed by atoms with Crippen LogP contribution in [0.1, 0.15) is 99.8 Å². The Labute approximate surface area is 218 Å². The number of nitrogens with zero attached hydrogens (tertiary/aromatic N) is 1. The van der Waals surface area contributed by atoms with Crippen molar-refractivity contribution < 1.29 is 14.6 Å². The molecule has 198 valence electrons. The highest BCUT2D eigenvalue weighted by Crippen LogP contribution is 2.76. The van der Waals surface area contributed by atoms with Gasteiger partial charge in [0.15, 0.2) is 0 Å². The van der Waals surface area contributed by atoms with Crippen molar-refractivity contribution in [1.29, 1.82) is 5.26 Å². The van der Waals surface area contributed by atoms with E-state index in [1.807, 2.05) is 0 Å². The van der Waals surface area contributed by atoms with Gasteiger partial charge in [0.1, 0.15) is 5.76 Å². The molecular formula is C32H47NO3. The predicted molar refractivity (Wildman–Crippen MR) is 142 cm³/mol. The van der Waals surface area contributed by atoms with Crippen LogP contribution in [-0.4, -0.2) is 18.2 Å². The van der Waals surface area contributed by atoms with Gasteiger partial charge in [-0.2, -0.15) is 5.26 Å². The Bertz CT molecular complexity index is 1080. The van der Waals surface area contributed by atoms with E-state index in [4.69, 9.17) is 4.74 Å². The van der Waals surface area contributed by atoms with Gasteiger partial charge in [-0.05, 0) is 97.2 Å². The Morgan fingerprint density at radius 2 is 1.75 bits per heavy atom. The van der Waals surface area contributed by atoms with Gasteiger partial charge in [0.25, 0.3) is 0 Å². The monoisotopic (exact) mass is 493 g/mol. The van der Waals surface area contributed by atoms with Gasteiger partial charge in [-0.15, -0.1) is 0 Å². The fourth-order valence-electron chi connectivity index (χ4n) is 11.0. The number of ether oxygens (including phenoxy) is 1. The van der Waals surface area contributed by atoms with E-state index in [0.29, 0.717) is 41.4 Å². The average molecular weight is 494 g/mol. The number of rotatable bonds is 1. The smallest absolute Gasteiger partial charge is 0.312 e. The molecule has 0 aromatic heterocycles. The highest BCUT2D eigenvalue weighted by Gasteiger charge is 2.69. The number of methoxy groups -OCH3 is 1. The topological polar surface area (TPSA) is 70.3 Å². The van der Waals surface area contributed by atoms with Gasteiger partial charge >= 0.3 is 5.97 Å². The number of carbonyl (C=O) groups is 1. The van der Waals surface area contributed by atoms with Crippen molar-refractivity contribution >= 4 is 5.97 Å². The summed E-state index contributed by atoms with van der Waals surface area (Å²) in [5.74, 6) is 2.41. The van der Waals surface area contributed by atoms with Crippen LogP contribution in [0.15, 0.2) is 23.0 Å². The third kappa shape index (κ3) is 2.90. The average Bonchev–Trinajstić information content (AvgIpc) is 2.83. The summed E-state index contributed by atoms with van der Waals surface area (Å²) in [5.41, 5.74) is 1.43. The largest absolute Gasteiger partial charge is 0.511 e. The van der Waals surface area contributed by atoms with E-state index < -0.39 is 0 Å². The van der Waals surface area contributed by atoms with Gasteiger partial charge in [0.2, 0.25) is 0 Å². The number of aliphatic hydroxyl groups excluding tert-OH is 1. The fourth-order valence-corrected chi connectivity index (χ4v) is 11.0. The highest BCUT2D eigenvalue weighted by atomic mass is 16.5. The molecule has 0 aromatic carbocycles. The summed E-state index contributed by atoms with van der Waals surface area (Å²) in [5, 5.41) is 21.0. The van der Waals surface area contributed by atoms with Crippen LogP contribution in [0.2, 0.25) is 0 Å². The number of fused-ring (bicyclic) bond motifs is 7. The highest BCUT2D eigenvalue weighted by molar-refractivity contribution is 5.78. The molecule has 0 bridgehead atoms. The lowest BCUT2D eigenvalue weighted by Crippen LogP contribution is -2.64. The Hall–Kier alpha value is -1.76. The molecule has 5 rings (SSSR count). The first kappa shape index (κ1) is 25.9. The van der Waals surface area contributed by atoms with Crippen LogP contribution in [0.5, 0.6) is 0 Å². The quantitative estimate of drug-likeness (QED) is 0.299. The summed E-state index contributed by atoms with van der Waals surface area (Å²) in [6.07, 6.45) is 10.4. The second-order valence-electron chi connectivity index (χ2n) is 14.6. The first-order chi connectivity index (χ1) is 16.7. The standard InChI is InChI=1S/C32H47NO3/c1-19-11-14-32(27(35)36-8)16-15-30(6)22(25(32)20(19)2)9-10-24-29(5)17-21(18-33)26(34)28(3,4)23(29)12-13-31(24,30)7/h9,19-20,23-25,34H,10-17H2,1-8H3/t19-,20+,23+,24-,25+,29+,30-,31-,32+/m1/s1. The fraction of sp³-hybridized carbons (Fsp3) is 0.812. The minimum absolute atomic E-state index is 0.00505. The van der Waals surface area contributed by atoms with Crippen LogP contribution < -0.4 is 0 Å². The van der Waals surface area contributed by atoms with Crippen LogP contribution in [0, 0.1) is 68.0 Å². The molecule has 1 N–H and O–H groups in total. The van der Waals surface area contributed by atoms with Crippen molar-refractivity contribution in [3.63, 3.8) is 0 Å². The summed E-state index contributed by atoms with van der Waals surface area (Å²) >= 11 is 0. The molecule has 0 aliphatic heterocycles. The Balaban J connectivity index is 1.64. The van der Waals surface area contributed by atoms with Gasteiger partial charge in [-0.25, -0.2) is 0 Å². The zero-order valence-electron chi connectivity index (χ0n) is 23.8. The number of hydrogen-bond donors (Lipinski definition) is 1.